The van der Waals surface area contributed by atoms with Crippen molar-refractivity contribution in [2.24, 2.45) is 17.6 Å². The van der Waals surface area contributed by atoms with Crippen molar-refractivity contribution in [3.8, 4) is 0 Å². The topological polar surface area (TPSA) is 43.1 Å². The van der Waals surface area contributed by atoms with E-state index in [9.17, 15) is 13.6 Å². The molecular weight excluding hydrogens is 152 g/mol. The Hall–Kier alpha value is -0.670. The van der Waals surface area contributed by atoms with Gasteiger partial charge in [-0.25, -0.2) is 8.78 Å². The minimum absolute atomic E-state index is 0.0440. The van der Waals surface area contributed by atoms with Crippen LogP contribution in [-0.4, -0.2) is 12.3 Å². The zero-order chi connectivity index (χ0) is 8.43. The first-order chi connectivity index (χ1) is 5.11. The Kier molecular flexibility index (Phi) is 2.42. The van der Waals surface area contributed by atoms with Gasteiger partial charge in [0.05, 0.1) is 0 Å². The van der Waals surface area contributed by atoms with E-state index in [0.717, 1.165) is 12.8 Å². The van der Waals surface area contributed by atoms with E-state index in [1.165, 1.54) is 0 Å². The number of hydrogen-bond acceptors (Lipinski definition) is 1. The molecule has 11 heavy (non-hydrogen) atoms. The number of carbonyl (C=O) groups excluding carboxylic acids is 1. The molecule has 1 rings (SSSR count). The average molecular weight is 163 g/mol. The van der Waals surface area contributed by atoms with Gasteiger partial charge < -0.3 is 5.73 Å². The standard InChI is InChI=1S/C7H11F2NO/c8-7(9)5(3-6(10)11)4-1-2-4/h4-5,7H,1-3H2,(H2,10,11). The summed E-state index contributed by atoms with van der Waals surface area (Å²) in [5.74, 6) is -1.36. The van der Waals surface area contributed by atoms with Crippen LogP contribution in [0.4, 0.5) is 8.78 Å². The molecule has 0 spiro atoms. The van der Waals surface area contributed by atoms with Gasteiger partial charge in [-0.05, 0) is 18.8 Å². The van der Waals surface area contributed by atoms with Crippen LogP contribution in [0.2, 0.25) is 0 Å². The van der Waals surface area contributed by atoms with Crippen molar-refractivity contribution < 1.29 is 13.6 Å². The Labute approximate surface area is 63.8 Å². The largest absolute Gasteiger partial charge is 0.370 e. The van der Waals surface area contributed by atoms with Crippen LogP contribution in [0.15, 0.2) is 0 Å². The number of halogens is 2. The van der Waals surface area contributed by atoms with Gasteiger partial charge in [-0.15, -0.1) is 0 Å². The number of primary amides is 1. The van der Waals surface area contributed by atoms with Crippen LogP contribution in [0.5, 0.6) is 0 Å². The number of nitrogens with two attached hydrogens (primary N) is 1. The second-order valence-corrected chi connectivity index (χ2v) is 3.01. The Morgan fingerprint density at radius 3 is 2.36 bits per heavy atom. The first kappa shape index (κ1) is 8.43. The van der Waals surface area contributed by atoms with Gasteiger partial charge in [-0.2, -0.15) is 0 Å². The molecule has 1 unspecified atom stereocenters. The quantitative estimate of drug-likeness (QED) is 0.663. The molecule has 0 aromatic carbocycles. The molecule has 2 nitrogen and oxygen atoms in total. The normalized spacial score (nSPS) is 20.3. The number of hydrogen-bond donors (Lipinski definition) is 1. The van der Waals surface area contributed by atoms with Crippen molar-refractivity contribution in [1.29, 1.82) is 0 Å². The van der Waals surface area contributed by atoms with Gasteiger partial charge >= 0.3 is 0 Å². The van der Waals surface area contributed by atoms with Crippen molar-refractivity contribution in [3.05, 3.63) is 0 Å². The highest BCUT2D eigenvalue weighted by Crippen LogP contribution is 2.41. The van der Waals surface area contributed by atoms with Gasteiger partial charge in [0.2, 0.25) is 12.3 Å². The molecule has 1 fully saturated rings. The monoisotopic (exact) mass is 163 g/mol. The Balaban J connectivity index is 2.38. The summed E-state index contributed by atoms with van der Waals surface area (Å²) in [4.78, 5) is 10.3. The molecule has 2 N–H and O–H groups in total. The van der Waals surface area contributed by atoms with Crippen LogP contribution in [0.25, 0.3) is 0 Å². The Bertz CT molecular complexity index is 155. The molecule has 1 saturated carbocycles. The third kappa shape index (κ3) is 2.44. The van der Waals surface area contributed by atoms with Gasteiger partial charge in [0, 0.05) is 12.3 Å². The lowest BCUT2D eigenvalue weighted by Crippen LogP contribution is -2.22. The van der Waals surface area contributed by atoms with Crippen LogP contribution in [0.1, 0.15) is 19.3 Å². The third-order valence-electron chi connectivity index (χ3n) is 1.99. The molecule has 0 aromatic heterocycles. The number of rotatable bonds is 4. The maximum atomic E-state index is 12.1. The summed E-state index contributed by atoms with van der Waals surface area (Å²) in [7, 11) is 0. The van der Waals surface area contributed by atoms with Crippen molar-refractivity contribution >= 4 is 5.91 Å². The molecule has 0 heterocycles. The van der Waals surface area contributed by atoms with E-state index >= 15 is 0 Å². The zero-order valence-corrected chi connectivity index (χ0v) is 6.09. The molecule has 1 aliphatic rings. The van der Waals surface area contributed by atoms with Crippen molar-refractivity contribution in [3.63, 3.8) is 0 Å². The van der Waals surface area contributed by atoms with Gasteiger partial charge in [-0.1, -0.05) is 0 Å². The van der Waals surface area contributed by atoms with E-state index in [0.29, 0.717) is 0 Å². The fourth-order valence-electron chi connectivity index (χ4n) is 1.22. The molecule has 0 radical (unpaired) electrons. The lowest BCUT2D eigenvalue weighted by molar-refractivity contribution is -0.120. The third-order valence-corrected chi connectivity index (χ3v) is 1.99. The van der Waals surface area contributed by atoms with Crippen LogP contribution < -0.4 is 5.73 Å². The van der Waals surface area contributed by atoms with E-state index < -0.39 is 18.3 Å². The molecule has 0 saturated heterocycles. The summed E-state index contributed by atoms with van der Waals surface area (Å²) in [6.45, 7) is 0. The number of alkyl halides is 2. The molecular formula is C7H11F2NO. The fraction of sp³-hybridized carbons (Fsp3) is 0.857. The van der Waals surface area contributed by atoms with Crippen LogP contribution in [0.3, 0.4) is 0 Å². The zero-order valence-electron chi connectivity index (χ0n) is 6.09. The lowest BCUT2D eigenvalue weighted by Gasteiger charge is -2.11. The van der Waals surface area contributed by atoms with Gasteiger partial charge in [0.25, 0.3) is 0 Å². The van der Waals surface area contributed by atoms with Gasteiger partial charge in [-0.3, -0.25) is 4.79 Å². The lowest BCUT2D eigenvalue weighted by atomic mass is 10.0. The summed E-state index contributed by atoms with van der Waals surface area (Å²) in [6, 6.07) is 0. The predicted molar refractivity (Wildman–Crippen MR) is 36.0 cm³/mol. The molecule has 1 atom stereocenters. The number of amides is 1. The first-order valence-electron chi connectivity index (χ1n) is 3.67. The second-order valence-electron chi connectivity index (χ2n) is 3.01. The van der Waals surface area contributed by atoms with Crippen LogP contribution >= 0.6 is 0 Å². The summed E-state index contributed by atoms with van der Waals surface area (Å²) >= 11 is 0. The summed E-state index contributed by atoms with van der Waals surface area (Å²) in [6.07, 6.45) is -0.914. The van der Waals surface area contributed by atoms with Crippen molar-refractivity contribution in [1.82, 2.24) is 0 Å². The smallest absolute Gasteiger partial charge is 0.242 e. The Morgan fingerprint density at radius 1 is 1.55 bits per heavy atom. The van der Waals surface area contributed by atoms with Crippen molar-refractivity contribution in [2.75, 3.05) is 0 Å². The summed E-state index contributed by atoms with van der Waals surface area (Å²) in [5, 5.41) is 0. The molecule has 0 bridgehead atoms. The Morgan fingerprint density at radius 2 is 2.09 bits per heavy atom. The second kappa shape index (κ2) is 3.15. The van der Waals surface area contributed by atoms with E-state index in [2.05, 4.69) is 0 Å². The van der Waals surface area contributed by atoms with Crippen LogP contribution in [-0.2, 0) is 4.79 Å². The SMILES string of the molecule is NC(=O)CC(C(F)F)C1CC1. The minimum atomic E-state index is -2.39. The molecule has 64 valence electrons. The first-order valence-corrected chi connectivity index (χ1v) is 3.67. The minimum Gasteiger partial charge on any atom is -0.370 e. The van der Waals surface area contributed by atoms with Gasteiger partial charge in [0.1, 0.15) is 0 Å². The maximum absolute atomic E-state index is 12.1. The van der Waals surface area contributed by atoms with E-state index in [-0.39, 0.29) is 12.3 Å². The highest BCUT2D eigenvalue weighted by molar-refractivity contribution is 5.74. The predicted octanol–water partition coefficient (Wildman–Crippen LogP) is 1.15. The van der Waals surface area contributed by atoms with E-state index in [4.69, 9.17) is 5.73 Å². The van der Waals surface area contributed by atoms with Crippen LogP contribution in [0, 0.1) is 11.8 Å². The number of carbonyl (C=O) groups is 1. The molecule has 4 heteroatoms. The molecule has 1 aliphatic carbocycles. The summed E-state index contributed by atoms with van der Waals surface area (Å²) < 4.78 is 24.3. The maximum Gasteiger partial charge on any atom is 0.242 e. The molecule has 1 amide bonds. The molecule has 0 aromatic rings. The highest BCUT2D eigenvalue weighted by atomic mass is 19.3. The molecule has 0 aliphatic heterocycles. The highest BCUT2D eigenvalue weighted by Gasteiger charge is 2.37. The van der Waals surface area contributed by atoms with E-state index in [1.807, 2.05) is 0 Å². The summed E-state index contributed by atoms with van der Waals surface area (Å²) in [5.41, 5.74) is 4.82. The van der Waals surface area contributed by atoms with Gasteiger partial charge in [0.15, 0.2) is 0 Å². The van der Waals surface area contributed by atoms with E-state index in [1.54, 1.807) is 0 Å². The van der Waals surface area contributed by atoms with Crippen molar-refractivity contribution in [2.45, 2.75) is 25.7 Å². The fourth-order valence-corrected chi connectivity index (χ4v) is 1.22. The average Bonchev–Trinajstić information content (AvgIpc) is 2.63.